The van der Waals surface area contributed by atoms with E-state index < -0.39 is 23.7 Å². The van der Waals surface area contributed by atoms with Crippen molar-refractivity contribution in [3.63, 3.8) is 0 Å². The number of primary amides is 1. The lowest BCUT2D eigenvalue weighted by Crippen LogP contribution is -2.30. The van der Waals surface area contributed by atoms with Gasteiger partial charge in [0.05, 0.1) is 23.4 Å². The van der Waals surface area contributed by atoms with Crippen molar-refractivity contribution in [2.24, 2.45) is 5.73 Å². The van der Waals surface area contributed by atoms with Gasteiger partial charge in [0.15, 0.2) is 5.82 Å². The second-order valence-corrected chi connectivity index (χ2v) is 9.28. The summed E-state index contributed by atoms with van der Waals surface area (Å²) in [7, 11) is 2.08. The summed E-state index contributed by atoms with van der Waals surface area (Å²) in [4.78, 5) is 26.0. The number of carbonyl (C=O) groups excluding carboxylic acids is 1. The number of benzene rings is 2. The zero-order valence-electron chi connectivity index (χ0n) is 19.6. The maximum absolute atomic E-state index is 13.5. The second-order valence-electron chi connectivity index (χ2n) is 9.28. The summed E-state index contributed by atoms with van der Waals surface area (Å²) in [6, 6.07) is 8.56. The van der Waals surface area contributed by atoms with Crippen LogP contribution in [0, 0.1) is 0 Å². The van der Waals surface area contributed by atoms with Gasteiger partial charge in [0.2, 0.25) is 5.91 Å². The summed E-state index contributed by atoms with van der Waals surface area (Å²) in [6.45, 7) is 3.65. The summed E-state index contributed by atoms with van der Waals surface area (Å²) in [6.07, 6.45) is -2.76. The summed E-state index contributed by atoms with van der Waals surface area (Å²) in [5, 5.41) is 10.8. The molecule has 2 aromatic carbocycles. The molecule has 3 aromatic rings. The highest BCUT2D eigenvalue weighted by atomic mass is 19.4. The predicted octanol–water partition coefficient (Wildman–Crippen LogP) is 3.95. The molecule has 35 heavy (non-hydrogen) atoms. The Balaban J connectivity index is 1.71. The van der Waals surface area contributed by atoms with Crippen LogP contribution in [0.25, 0.3) is 10.8 Å². The quantitative estimate of drug-likeness (QED) is 0.489. The first-order chi connectivity index (χ1) is 16.5. The van der Waals surface area contributed by atoms with Gasteiger partial charge in [-0.25, -0.2) is 5.10 Å². The van der Waals surface area contributed by atoms with Crippen molar-refractivity contribution >= 4 is 22.5 Å². The van der Waals surface area contributed by atoms with Gasteiger partial charge in [0, 0.05) is 11.9 Å². The molecule has 4 N–H and O–H groups in total. The smallest absolute Gasteiger partial charge is 0.369 e. The van der Waals surface area contributed by atoms with Crippen molar-refractivity contribution in [3.8, 4) is 0 Å². The lowest BCUT2D eigenvalue weighted by molar-refractivity contribution is -0.137. The Morgan fingerprint density at radius 1 is 1.26 bits per heavy atom. The van der Waals surface area contributed by atoms with E-state index in [1.54, 1.807) is 13.0 Å². The van der Waals surface area contributed by atoms with Gasteiger partial charge < -0.3 is 16.0 Å². The first-order valence-electron chi connectivity index (χ1n) is 11.5. The molecule has 1 saturated heterocycles. The molecule has 1 amide bonds. The van der Waals surface area contributed by atoms with E-state index in [-0.39, 0.29) is 17.5 Å². The van der Waals surface area contributed by atoms with Crippen molar-refractivity contribution in [2.45, 2.75) is 44.3 Å². The first kappa shape index (κ1) is 24.7. The normalized spacial score (nSPS) is 17.9. The zero-order valence-corrected chi connectivity index (χ0v) is 19.6. The number of nitrogens with two attached hydrogens (primary N) is 1. The van der Waals surface area contributed by atoms with Gasteiger partial charge in [-0.3, -0.25) is 9.59 Å². The van der Waals surface area contributed by atoms with Gasteiger partial charge >= 0.3 is 6.18 Å². The van der Waals surface area contributed by atoms with Gasteiger partial charge in [0.1, 0.15) is 0 Å². The van der Waals surface area contributed by atoms with Crippen molar-refractivity contribution in [1.29, 1.82) is 0 Å². The fourth-order valence-electron chi connectivity index (χ4n) is 4.71. The van der Waals surface area contributed by atoms with Crippen LogP contribution in [0.5, 0.6) is 0 Å². The molecule has 2 atom stereocenters. The van der Waals surface area contributed by atoms with Gasteiger partial charge in [-0.05, 0) is 80.2 Å². The molecule has 4 rings (SSSR count). The van der Waals surface area contributed by atoms with Gasteiger partial charge in [-0.1, -0.05) is 12.1 Å². The molecular weight excluding hydrogens is 459 g/mol. The SMILES string of the molecule is C[C@@H](Nc1n[nH]c(=O)c2ccc(C3CCCN(C)C3)cc12)c1cc(CC(N)=O)cc(C(F)(F)F)c1. The van der Waals surface area contributed by atoms with E-state index in [0.29, 0.717) is 28.1 Å². The standard InChI is InChI=1S/C25H28F3N5O2/c1-14(18-8-15(10-22(29)34)9-19(11-18)25(26,27)28)30-23-21-12-16(17-4-3-7-33(2)13-17)5-6-20(21)24(35)32-31-23/h5-6,8-9,11-12,14,17H,3-4,7,10,13H2,1-2H3,(H2,29,34)(H,30,31)(H,32,35)/t14-,17?/m1/s1. The fraction of sp³-hybridized carbons (Fsp3) is 0.400. The molecule has 1 aromatic heterocycles. The highest BCUT2D eigenvalue weighted by Gasteiger charge is 2.32. The van der Waals surface area contributed by atoms with Crippen LogP contribution in [0.1, 0.15) is 54.0 Å². The van der Waals surface area contributed by atoms with Crippen LogP contribution in [0.2, 0.25) is 0 Å². The average molecular weight is 488 g/mol. The second kappa shape index (κ2) is 9.69. The van der Waals surface area contributed by atoms with Gasteiger partial charge in [-0.2, -0.15) is 18.3 Å². The minimum Gasteiger partial charge on any atom is -0.369 e. The van der Waals surface area contributed by atoms with E-state index >= 15 is 0 Å². The number of anilines is 1. The maximum Gasteiger partial charge on any atom is 0.416 e. The fourth-order valence-corrected chi connectivity index (χ4v) is 4.71. The molecular formula is C25H28F3N5O2. The number of rotatable bonds is 6. The molecule has 10 heteroatoms. The van der Waals surface area contributed by atoms with E-state index in [4.69, 9.17) is 5.73 Å². The number of halogens is 3. The number of likely N-dealkylation sites (tertiary alicyclic amines) is 1. The van der Waals surface area contributed by atoms with Crippen LogP contribution in [-0.2, 0) is 17.4 Å². The Hall–Kier alpha value is -3.40. The highest BCUT2D eigenvalue weighted by Crippen LogP contribution is 2.34. The molecule has 7 nitrogen and oxygen atoms in total. The minimum absolute atomic E-state index is 0.180. The molecule has 186 valence electrons. The van der Waals surface area contributed by atoms with E-state index in [9.17, 15) is 22.8 Å². The minimum atomic E-state index is -4.58. The van der Waals surface area contributed by atoms with Crippen molar-refractivity contribution in [2.75, 3.05) is 25.5 Å². The van der Waals surface area contributed by atoms with Gasteiger partial charge in [-0.15, -0.1) is 0 Å². The molecule has 0 saturated carbocycles. The van der Waals surface area contributed by atoms with Crippen molar-refractivity contribution < 1.29 is 18.0 Å². The van der Waals surface area contributed by atoms with Gasteiger partial charge in [0.25, 0.3) is 5.56 Å². The average Bonchev–Trinajstić information content (AvgIpc) is 2.79. The van der Waals surface area contributed by atoms with Crippen LogP contribution in [0.15, 0.2) is 41.2 Å². The van der Waals surface area contributed by atoms with E-state index in [0.717, 1.165) is 43.6 Å². The third-order valence-electron chi connectivity index (χ3n) is 6.48. The Bertz CT molecular complexity index is 1300. The van der Waals surface area contributed by atoms with Crippen molar-refractivity contribution in [3.05, 3.63) is 69.0 Å². The molecule has 1 fully saturated rings. The lowest BCUT2D eigenvalue weighted by Gasteiger charge is -2.30. The van der Waals surface area contributed by atoms with E-state index in [1.807, 2.05) is 12.1 Å². The Labute approximate surface area is 200 Å². The number of aromatic amines is 1. The summed E-state index contributed by atoms with van der Waals surface area (Å²) in [5.74, 6) is -0.0282. The Morgan fingerprint density at radius 2 is 2.03 bits per heavy atom. The molecule has 0 bridgehead atoms. The molecule has 0 spiro atoms. The van der Waals surface area contributed by atoms with Crippen LogP contribution < -0.4 is 16.6 Å². The monoisotopic (exact) mass is 487 g/mol. The van der Waals surface area contributed by atoms with Crippen molar-refractivity contribution in [1.82, 2.24) is 15.1 Å². The first-order valence-corrected chi connectivity index (χ1v) is 11.5. The highest BCUT2D eigenvalue weighted by molar-refractivity contribution is 5.91. The molecule has 1 aliphatic heterocycles. The largest absolute Gasteiger partial charge is 0.416 e. The predicted molar refractivity (Wildman–Crippen MR) is 128 cm³/mol. The lowest BCUT2D eigenvalue weighted by atomic mass is 9.90. The Morgan fingerprint density at radius 3 is 2.71 bits per heavy atom. The number of alkyl halides is 3. The number of aromatic nitrogens is 2. The summed E-state index contributed by atoms with van der Waals surface area (Å²) < 4.78 is 40.5. The molecule has 0 radical (unpaired) electrons. The number of fused-ring (bicyclic) bond motifs is 1. The van der Waals surface area contributed by atoms with E-state index in [2.05, 4.69) is 27.5 Å². The number of likely N-dealkylation sites (N-methyl/N-ethyl adjacent to an activating group) is 1. The zero-order chi connectivity index (χ0) is 25.3. The summed E-state index contributed by atoms with van der Waals surface area (Å²) in [5.41, 5.74) is 5.61. The number of nitrogens with zero attached hydrogens (tertiary/aromatic N) is 2. The van der Waals surface area contributed by atoms with E-state index in [1.165, 1.54) is 6.07 Å². The topological polar surface area (TPSA) is 104 Å². The number of H-pyrrole nitrogens is 1. The number of hydrogen-bond donors (Lipinski definition) is 3. The molecule has 0 aliphatic carbocycles. The number of carbonyl (C=O) groups is 1. The number of nitrogens with one attached hydrogen (secondary N) is 2. The maximum atomic E-state index is 13.5. The molecule has 1 unspecified atom stereocenters. The van der Waals surface area contributed by atoms with Crippen LogP contribution in [0.3, 0.4) is 0 Å². The number of piperidine rings is 1. The molecule has 1 aliphatic rings. The molecule has 2 heterocycles. The third kappa shape index (κ3) is 5.64. The Kier molecular flexibility index (Phi) is 6.84. The number of amides is 1. The van der Waals surface area contributed by atoms with Crippen LogP contribution >= 0.6 is 0 Å². The summed E-state index contributed by atoms with van der Waals surface area (Å²) >= 11 is 0. The van der Waals surface area contributed by atoms with Crippen LogP contribution in [-0.4, -0.2) is 41.1 Å². The number of hydrogen-bond acceptors (Lipinski definition) is 5. The van der Waals surface area contributed by atoms with Crippen LogP contribution in [0.4, 0.5) is 19.0 Å². The third-order valence-corrected chi connectivity index (χ3v) is 6.48.